The Bertz CT molecular complexity index is 692. The molecule has 21 heavy (non-hydrogen) atoms. The first-order chi connectivity index (χ1) is 10.1. The predicted octanol–water partition coefficient (Wildman–Crippen LogP) is 2.68. The number of carbonyl (C=O) groups is 2. The lowest BCUT2D eigenvalue weighted by molar-refractivity contribution is -0.129. The van der Waals surface area contributed by atoms with Crippen LogP contribution in [0.5, 0.6) is 0 Å². The Balaban J connectivity index is 1.84. The van der Waals surface area contributed by atoms with Crippen LogP contribution >= 0.6 is 0 Å². The van der Waals surface area contributed by atoms with E-state index < -0.39 is 17.9 Å². The van der Waals surface area contributed by atoms with E-state index in [1.165, 1.54) is 0 Å². The first-order valence-corrected chi connectivity index (χ1v) is 6.66. The second-order valence-electron chi connectivity index (χ2n) is 4.90. The Hall–Kier alpha value is -2.53. The summed E-state index contributed by atoms with van der Waals surface area (Å²) >= 11 is 0. The average molecular weight is 282 g/mol. The summed E-state index contributed by atoms with van der Waals surface area (Å²) < 4.78 is 0. The van der Waals surface area contributed by atoms with Crippen LogP contribution in [0, 0.1) is 6.92 Å². The lowest BCUT2D eigenvalue weighted by atomic mass is 10.1. The van der Waals surface area contributed by atoms with Gasteiger partial charge in [-0.1, -0.05) is 18.2 Å². The van der Waals surface area contributed by atoms with Crippen LogP contribution in [-0.4, -0.2) is 21.9 Å². The van der Waals surface area contributed by atoms with Crippen molar-refractivity contribution in [3.8, 4) is 0 Å². The highest BCUT2D eigenvalue weighted by Gasteiger charge is 2.37. The molecule has 0 bridgehead atoms. The van der Waals surface area contributed by atoms with Gasteiger partial charge in [0.05, 0.1) is 16.8 Å². The number of rotatable bonds is 3. The highest BCUT2D eigenvalue weighted by Crippen LogP contribution is 2.26. The van der Waals surface area contributed by atoms with Gasteiger partial charge in [0.1, 0.15) is 6.10 Å². The third-order valence-corrected chi connectivity index (χ3v) is 3.35. The number of imide groups is 1. The Morgan fingerprint density at radius 3 is 2.19 bits per heavy atom. The van der Waals surface area contributed by atoms with Crippen LogP contribution in [0.1, 0.15) is 45.1 Å². The molecule has 1 aliphatic heterocycles. The van der Waals surface area contributed by atoms with Crippen LogP contribution < -0.4 is 0 Å². The summed E-state index contributed by atoms with van der Waals surface area (Å²) in [7, 11) is 0. The monoisotopic (exact) mass is 282 g/mol. The van der Waals surface area contributed by atoms with Gasteiger partial charge in [-0.25, -0.2) is 0 Å². The average Bonchev–Trinajstić information content (AvgIpc) is 2.73. The van der Waals surface area contributed by atoms with Crippen molar-refractivity contribution in [2.24, 2.45) is 0 Å². The molecule has 0 saturated carbocycles. The number of carbonyl (C=O) groups excluding carboxylic acids is 2. The van der Waals surface area contributed by atoms with Gasteiger partial charge in [-0.3, -0.25) is 19.4 Å². The van der Waals surface area contributed by atoms with Gasteiger partial charge in [0, 0.05) is 5.69 Å². The molecule has 0 radical (unpaired) electrons. The smallest absolute Gasteiger partial charge is 0.266 e. The molecule has 5 nitrogen and oxygen atoms in total. The fourth-order valence-electron chi connectivity index (χ4n) is 2.27. The van der Waals surface area contributed by atoms with Crippen molar-refractivity contribution >= 4 is 11.8 Å². The standard InChI is InChI=1S/C16H14N2O3/c1-10-6-5-9-14(17-10)11(2)21-18-15(19)12-7-3-4-8-13(12)16(18)20/h3-9,11H,1-2H3. The summed E-state index contributed by atoms with van der Waals surface area (Å²) in [6, 6.07) is 12.2. The van der Waals surface area contributed by atoms with Crippen LogP contribution in [0.15, 0.2) is 42.5 Å². The summed E-state index contributed by atoms with van der Waals surface area (Å²) in [5.74, 6) is -0.870. The highest BCUT2D eigenvalue weighted by atomic mass is 16.7. The molecular weight excluding hydrogens is 268 g/mol. The number of aromatic nitrogens is 1. The van der Waals surface area contributed by atoms with Crippen molar-refractivity contribution in [2.75, 3.05) is 0 Å². The molecule has 1 aliphatic rings. The molecule has 2 aromatic rings. The van der Waals surface area contributed by atoms with E-state index in [1.807, 2.05) is 19.1 Å². The lowest BCUT2D eigenvalue weighted by Crippen LogP contribution is -2.31. The quantitative estimate of drug-likeness (QED) is 0.812. The summed E-state index contributed by atoms with van der Waals surface area (Å²) in [5.41, 5.74) is 2.26. The zero-order valence-corrected chi connectivity index (χ0v) is 11.7. The van der Waals surface area contributed by atoms with E-state index >= 15 is 0 Å². The van der Waals surface area contributed by atoms with Crippen LogP contribution in [0.2, 0.25) is 0 Å². The molecule has 0 aliphatic carbocycles. The molecule has 106 valence electrons. The normalized spacial score (nSPS) is 15.2. The minimum atomic E-state index is -0.493. The fraction of sp³-hybridized carbons (Fsp3) is 0.188. The van der Waals surface area contributed by atoms with E-state index in [1.54, 1.807) is 37.3 Å². The second kappa shape index (κ2) is 5.10. The van der Waals surface area contributed by atoms with Crippen molar-refractivity contribution in [3.05, 3.63) is 65.0 Å². The van der Waals surface area contributed by atoms with Crippen molar-refractivity contribution in [1.82, 2.24) is 10.0 Å². The van der Waals surface area contributed by atoms with Gasteiger partial charge in [0.15, 0.2) is 0 Å². The summed E-state index contributed by atoms with van der Waals surface area (Å²) in [4.78, 5) is 34.3. The van der Waals surface area contributed by atoms with Crippen molar-refractivity contribution < 1.29 is 14.4 Å². The highest BCUT2D eigenvalue weighted by molar-refractivity contribution is 6.20. The molecule has 5 heteroatoms. The third-order valence-electron chi connectivity index (χ3n) is 3.35. The van der Waals surface area contributed by atoms with Gasteiger partial charge < -0.3 is 0 Å². The summed E-state index contributed by atoms with van der Waals surface area (Å²) in [5, 5.41) is 0.819. The lowest BCUT2D eigenvalue weighted by Gasteiger charge is -2.19. The second-order valence-corrected chi connectivity index (χ2v) is 4.90. The van der Waals surface area contributed by atoms with Gasteiger partial charge in [-0.2, -0.15) is 0 Å². The van der Waals surface area contributed by atoms with Crippen molar-refractivity contribution in [2.45, 2.75) is 20.0 Å². The number of benzene rings is 1. The van der Waals surface area contributed by atoms with E-state index in [9.17, 15) is 9.59 Å². The fourth-order valence-corrected chi connectivity index (χ4v) is 2.27. The molecule has 0 spiro atoms. The Morgan fingerprint density at radius 1 is 1.00 bits per heavy atom. The Labute approximate surface area is 122 Å². The summed E-state index contributed by atoms with van der Waals surface area (Å²) in [6.07, 6.45) is -0.493. The number of pyridine rings is 1. The zero-order chi connectivity index (χ0) is 15.0. The number of fused-ring (bicyclic) bond motifs is 1. The van der Waals surface area contributed by atoms with E-state index in [0.717, 1.165) is 10.8 Å². The van der Waals surface area contributed by atoms with E-state index in [-0.39, 0.29) is 0 Å². The van der Waals surface area contributed by atoms with E-state index in [4.69, 9.17) is 4.84 Å². The topological polar surface area (TPSA) is 59.5 Å². The Morgan fingerprint density at radius 2 is 1.62 bits per heavy atom. The number of hydrogen-bond acceptors (Lipinski definition) is 4. The maximum absolute atomic E-state index is 12.2. The van der Waals surface area contributed by atoms with Crippen molar-refractivity contribution in [1.29, 1.82) is 0 Å². The van der Waals surface area contributed by atoms with Gasteiger partial charge in [-0.15, -0.1) is 5.06 Å². The third kappa shape index (κ3) is 2.32. The van der Waals surface area contributed by atoms with Gasteiger partial charge >= 0.3 is 0 Å². The van der Waals surface area contributed by atoms with E-state index in [2.05, 4.69) is 4.98 Å². The maximum Gasteiger partial charge on any atom is 0.285 e. The zero-order valence-electron chi connectivity index (χ0n) is 11.7. The molecule has 2 amide bonds. The number of hydrogen-bond donors (Lipinski definition) is 0. The molecule has 1 aromatic carbocycles. The molecule has 2 heterocycles. The molecule has 0 fully saturated rings. The van der Waals surface area contributed by atoms with Crippen LogP contribution in [0.25, 0.3) is 0 Å². The molecule has 3 rings (SSSR count). The van der Waals surface area contributed by atoms with Gasteiger partial charge in [0.25, 0.3) is 11.8 Å². The number of hydroxylamine groups is 2. The number of nitrogens with zero attached hydrogens (tertiary/aromatic N) is 2. The molecule has 0 N–H and O–H groups in total. The van der Waals surface area contributed by atoms with Gasteiger partial charge in [-0.05, 0) is 38.1 Å². The molecular formula is C16H14N2O3. The van der Waals surface area contributed by atoms with Crippen LogP contribution in [-0.2, 0) is 4.84 Å². The number of aryl methyl sites for hydroxylation is 1. The van der Waals surface area contributed by atoms with Crippen LogP contribution in [0.4, 0.5) is 0 Å². The molecule has 1 unspecified atom stereocenters. The predicted molar refractivity (Wildman–Crippen MR) is 75.4 cm³/mol. The largest absolute Gasteiger partial charge is 0.285 e. The number of amides is 2. The van der Waals surface area contributed by atoms with E-state index in [0.29, 0.717) is 16.8 Å². The molecule has 0 saturated heterocycles. The summed E-state index contributed by atoms with van der Waals surface area (Å²) in [6.45, 7) is 3.63. The van der Waals surface area contributed by atoms with Crippen LogP contribution in [0.3, 0.4) is 0 Å². The SMILES string of the molecule is Cc1cccc(C(C)ON2C(=O)c3ccccc3C2=O)n1. The minimum absolute atomic E-state index is 0.368. The Kier molecular flexibility index (Phi) is 3.27. The minimum Gasteiger partial charge on any atom is -0.266 e. The first-order valence-electron chi connectivity index (χ1n) is 6.66. The first kappa shape index (κ1) is 13.5. The van der Waals surface area contributed by atoms with Crippen molar-refractivity contribution in [3.63, 3.8) is 0 Å². The molecule has 1 aromatic heterocycles. The molecule has 1 atom stereocenters. The maximum atomic E-state index is 12.2. The van der Waals surface area contributed by atoms with Gasteiger partial charge in [0.2, 0.25) is 0 Å².